The summed E-state index contributed by atoms with van der Waals surface area (Å²) in [5.41, 5.74) is 2.64. The number of H-pyrrole nitrogens is 1. The molecule has 1 aromatic carbocycles. The Hall–Kier alpha value is -2.03. The fourth-order valence-corrected chi connectivity index (χ4v) is 5.11. The smallest absolute Gasteiger partial charge is 0.251 e. The van der Waals surface area contributed by atoms with E-state index in [4.69, 9.17) is 11.6 Å². The van der Waals surface area contributed by atoms with Gasteiger partial charge in [-0.3, -0.25) is 9.59 Å². The lowest BCUT2D eigenvalue weighted by atomic mass is 9.80. The average Bonchev–Trinajstić information content (AvgIpc) is 3.28. The van der Waals surface area contributed by atoms with Crippen LogP contribution in [0.2, 0.25) is 5.02 Å². The average molecular weight is 462 g/mol. The molecule has 1 atom stereocenters. The minimum absolute atomic E-state index is 0.00993. The van der Waals surface area contributed by atoms with Crippen LogP contribution in [0.5, 0.6) is 0 Å². The number of rotatable bonds is 6. The molecule has 4 rings (SSSR count). The van der Waals surface area contributed by atoms with Gasteiger partial charge in [0.1, 0.15) is 6.04 Å². The van der Waals surface area contributed by atoms with E-state index in [0.717, 1.165) is 37.3 Å². The predicted molar refractivity (Wildman–Crippen MR) is 123 cm³/mol. The highest BCUT2D eigenvalue weighted by molar-refractivity contribution is 7.98. The number of hydrogen-bond donors (Lipinski definition) is 3. The summed E-state index contributed by atoms with van der Waals surface area (Å²) < 4.78 is 0. The summed E-state index contributed by atoms with van der Waals surface area (Å²) in [6.07, 6.45) is 6.95. The molecule has 1 aromatic heterocycles. The molecule has 2 aliphatic rings. The minimum Gasteiger partial charge on any atom is -0.348 e. The molecule has 0 saturated carbocycles. The molecule has 1 saturated heterocycles. The predicted octanol–water partition coefficient (Wildman–Crippen LogP) is 2.58. The van der Waals surface area contributed by atoms with Gasteiger partial charge in [-0.25, -0.2) is 4.98 Å². The maximum absolute atomic E-state index is 13.3. The summed E-state index contributed by atoms with van der Waals surface area (Å²) in [4.78, 5) is 35.8. The second-order valence-electron chi connectivity index (χ2n) is 8.13. The van der Waals surface area contributed by atoms with Crippen LogP contribution in [0.15, 0.2) is 30.6 Å². The van der Waals surface area contributed by atoms with Gasteiger partial charge in [0.15, 0.2) is 0 Å². The van der Waals surface area contributed by atoms with Crippen molar-refractivity contribution in [2.75, 3.05) is 31.6 Å². The second kappa shape index (κ2) is 9.63. The molecular formula is C22H28ClN5O2S. The number of thioether (sulfide) groups is 1. The fraction of sp³-hybridized carbons (Fsp3) is 0.500. The standard InChI is InChI=1S/C22H28ClN5O2S/c1-31-13-7-18(27-20(29)15-2-4-16(23)5-3-15)21(30)28-11-8-22(9-12-28)19-17(6-10-26-22)24-14-25-19/h2-5,14,18,26H,6-13H2,1H3,(H,24,25)(H,27,29). The molecule has 9 heteroatoms. The molecule has 7 nitrogen and oxygen atoms in total. The van der Waals surface area contributed by atoms with Crippen LogP contribution in [0.3, 0.4) is 0 Å². The van der Waals surface area contributed by atoms with Crippen LogP contribution in [0.4, 0.5) is 0 Å². The molecule has 1 fully saturated rings. The third kappa shape index (κ3) is 4.76. The highest BCUT2D eigenvalue weighted by atomic mass is 35.5. The third-order valence-corrected chi connectivity index (χ3v) is 7.16. The van der Waals surface area contributed by atoms with Crippen LogP contribution in [-0.4, -0.2) is 64.4 Å². The van der Waals surface area contributed by atoms with Crippen molar-refractivity contribution in [2.24, 2.45) is 0 Å². The van der Waals surface area contributed by atoms with E-state index in [1.165, 1.54) is 5.69 Å². The first-order valence-electron chi connectivity index (χ1n) is 10.6. The van der Waals surface area contributed by atoms with Crippen molar-refractivity contribution in [3.05, 3.63) is 52.6 Å². The Morgan fingerprint density at radius 2 is 2.03 bits per heavy atom. The Morgan fingerprint density at radius 1 is 1.29 bits per heavy atom. The zero-order valence-corrected chi connectivity index (χ0v) is 19.2. The zero-order valence-electron chi connectivity index (χ0n) is 17.6. The summed E-state index contributed by atoms with van der Waals surface area (Å²) in [7, 11) is 0. The lowest BCUT2D eigenvalue weighted by Crippen LogP contribution is -2.57. The molecule has 3 heterocycles. The molecule has 0 radical (unpaired) electrons. The SMILES string of the molecule is CSCCC(NC(=O)c1ccc(Cl)cc1)C(=O)N1CCC2(CC1)NCCc1[nH]cnc12. The van der Waals surface area contributed by atoms with E-state index in [0.29, 0.717) is 30.1 Å². The number of nitrogens with zero attached hydrogens (tertiary/aromatic N) is 2. The third-order valence-electron chi connectivity index (χ3n) is 6.26. The van der Waals surface area contributed by atoms with E-state index in [1.54, 1.807) is 42.4 Å². The van der Waals surface area contributed by atoms with Crippen molar-refractivity contribution in [1.29, 1.82) is 0 Å². The summed E-state index contributed by atoms with van der Waals surface area (Å²) >= 11 is 7.59. The summed E-state index contributed by atoms with van der Waals surface area (Å²) in [5, 5.41) is 7.18. The number of likely N-dealkylation sites (tertiary alicyclic amines) is 1. The van der Waals surface area contributed by atoms with Crippen molar-refractivity contribution in [2.45, 2.75) is 37.3 Å². The van der Waals surface area contributed by atoms with Crippen LogP contribution in [0, 0.1) is 0 Å². The minimum atomic E-state index is -0.537. The van der Waals surface area contributed by atoms with Crippen molar-refractivity contribution < 1.29 is 9.59 Å². The molecule has 2 aromatic rings. The Bertz CT molecular complexity index is 924. The molecule has 0 bridgehead atoms. The number of carbonyl (C=O) groups excluding carboxylic acids is 2. The molecule has 3 N–H and O–H groups in total. The molecule has 1 spiro atoms. The number of aromatic amines is 1. The molecule has 1 unspecified atom stereocenters. The van der Waals surface area contributed by atoms with Crippen LogP contribution in [0.1, 0.15) is 41.0 Å². The van der Waals surface area contributed by atoms with Crippen LogP contribution in [0.25, 0.3) is 0 Å². The zero-order chi connectivity index (χ0) is 21.8. The maximum atomic E-state index is 13.3. The van der Waals surface area contributed by atoms with Gasteiger partial charge < -0.3 is 20.5 Å². The van der Waals surface area contributed by atoms with Crippen molar-refractivity contribution >= 4 is 35.2 Å². The number of imidazole rings is 1. The van der Waals surface area contributed by atoms with Crippen LogP contribution in [-0.2, 0) is 16.8 Å². The molecular weight excluding hydrogens is 434 g/mol. The summed E-state index contributed by atoms with van der Waals surface area (Å²) in [6.45, 7) is 2.20. The molecule has 2 aliphatic heterocycles. The number of piperidine rings is 1. The first kappa shape index (κ1) is 22.2. The van der Waals surface area contributed by atoms with E-state index in [1.807, 2.05) is 11.2 Å². The van der Waals surface area contributed by atoms with Gasteiger partial charge in [0.2, 0.25) is 5.91 Å². The van der Waals surface area contributed by atoms with Crippen molar-refractivity contribution in [3.63, 3.8) is 0 Å². The van der Waals surface area contributed by atoms with Gasteiger partial charge in [0.25, 0.3) is 5.91 Å². The van der Waals surface area contributed by atoms with E-state index in [9.17, 15) is 9.59 Å². The number of benzene rings is 1. The highest BCUT2D eigenvalue weighted by Gasteiger charge is 2.42. The lowest BCUT2D eigenvalue weighted by Gasteiger charge is -2.44. The fourth-order valence-electron chi connectivity index (χ4n) is 4.51. The maximum Gasteiger partial charge on any atom is 0.251 e. The Kier molecular flexibility index (Phi) is 6.89. The molecule has 0 aliphatic carbocycles. The van der Waals surface area contributed by atoms with E-state index >= 15 is 0 Å². The quantitative estimate of drug-likeness (QED) is 0.615. The number of fused-ring (bicyclic) bond motifs is 2. The Balaban J connectivity index is 1.42. The van der Waals surface area contributed by atoms with E-state index in [-0.39, 0.29) is 17.4 Å². The van der Waals surface area contributed by atoms with Crippen LogP contribution >= 0.6 is 23.4 Å². The van der Waals surface area contributed by atoms with Crippen molar-refractivity contribution in [3.8, 4) is 0 Å². The number of amides is 2. The lowest BCUT2D eigenvalue weighted by molar-refractivity contribution is -0.135. The van der Waals surface area contributed by atoms with E-state index < -0.39 is 6.04 Å². The normalized spacial score (nSPS) is 18.5. The number of aromatic nitrogens is 2. The number of carbonyl (C=O) groups is 2. The number of nitrogens with one attached hydrogen (secondary N) is 3. The summed E-state index contributed by atoms with van der Waals surface area (Å²) in [6, 6.07) is 6.17. The molecule has 2 amide bonds. The topological polar surface area (TPSA) is 90.1 Å². The van der Waals surface area contributed by atoms with Gasteiger partial charge in [0.05, 0.1) is 17.6 Å². The molecule has 31 heavy (non-hydrogen) atoms. The number of hydrogen-bond acceptors (Lipinski definition) is 5. The van der Waals surface area contributed by atoms with Gasteiger partial charge in [-0.15, -0.1) is 0 Å². The highest BCUT2D eigenvalue weighted by Crippen LogP contribution is 2.36. The summed E-state index contributed by atoms with van der Waals surface area (Å²) in [5.74, 6) is 0.539. The largest absolute Gasteiger partial charge is 0.348 e. The Labute approximate surface area is 191 Å². The van der Waals surface area contributed by atoms with Gasteiger partial charge >= 0.3 is 0 Å². The van der Waals surface area contributed by atoms with Gasteiger partial charge in [-0.05, 0) is 55.5 Å². The first-order valence-corrected chi connectivity index (χ1v) is 12.4. The van der Waals surface area contributed by atoms with Crippen molar-refractivity contribution in [1.82, 2.24) is 25.5 Å². The van der Waals surface area contributed by atoms with Gasteiger partial charge in [0, 0.05) is 42.3 Å². The van der Waals surface area contributed by atoms with Gasteiger partial charge in [-0.1, -0.05) is 11.6 Å². The Morgan fingerprint density at radius 3 is 2.74 bits per heavy atom. The molecule has 166 valence electrons. The van der Waals surface area contributed by atoms with Crippen LogP contribution < -0.4 is 10.6 Å². The van der Waals surface area contributed by atoms with E-state index in [2.05, 4.69) is 20.6 Å². The second-order valence-corrected chi connectivity index (χ2v) is 9.55. The first-order chi connectivity index (χ1) is 15.0. The van der Waals surface area contributed by atoms with Gasteiger partial charge in [-0.2, -0.15) is 11.8 Å². The monoisotopic (exact) mass is 461 g/mol. The number of halogens is 1.